The lowest BCUT2D eigenvalue weighted by molar-refractivity contribution is 0.162. The van der Waals surface area contributed by atoms with Gasteiger partial charge in [-0.2, -0.15) is 0 Å². The van der Waals surface area contributed by atoms with Gasteiger partial charge in [-0.05, 0) is 30.0 Å². The average Bonchev–Trinajstić information content (AvgIpc) is 2.28. The van der Waals surface area contributed by atoms with Crippen molar-refractivity contribution < 1.29 is 9.84 Å². The second-order valence-corrected chi connectivity index (χ2v) is 4.46. The molecule has 0 aliphatic rings. The van der Waals surface area contributed by atoms with Crippen molar-refractivity contribution in [2.75, 3.05) is 7.11 Å². The van der Waals surface area contributed by atoms with E-state index in [0.29, 0.717) is 5.92 Å². The minimum Gasteiger partial charge on any atom is -0.496 e. The lowest BCUT2D eigenvalue weighted by atomic mass is 9.96. The molecule has 16 heavy (non-hydrogen) atoms. The first-order valence-electron chi connectivity index (χ1n) is 5.96. The van der Waals surface area contributed by atoms with Gasteiger partial charge < -0.3 is 9.84 Å². The summed E-state index contributed by atoms with van der Waals surface area (Å²) in [5.41, 5.74) is 2.15. The monoisotopic (exact) mass is 222 g/mol. The van der Waals surface area contributed by atoms with Crippen LogP contribution < -0.4 is 4.74 Å². The summed E-state index contributed by atoms with van der Waals surface area (Å²) >= 11 is 0. The summed E-state index contributed by atoms with van der Waals surface area (Å²) in [4.78, 5) is 0. The van der Waals surface area contributed by atoms with E-state index in [4.69, 9.17) is 4.74 Å². The lowest BCUT2D eigenvalue weighted by Gasteiger charge is -2.16. The van der Waals surface area contributed by atoms with Crippen LogP contribution in [0.25, 0.3) is 0 Å². The number of benzene rings is 1. The van der Waals surface area contributed by atoms with Gasteiger partial charge in [-0.1, -0.05) is 33.3 Å². The van der Waals surface area contributed by atoms with E-state index in [1.165, 1.54) is 5.56 Å². The Morgan fingerprint density at radius 3 is 2.50 bits per heavy atom. The van der Waals surface area contributed by atoms with E-state index in [2.05, 4.69) is 32.9 Å². The van der Waals surface area contributed by atoms with E-state index < -0.39 is 6.10 Å². The van der Waals surface area contributed by atoms with Gasteiger partial charge in [0.05, 0.1) is 13.2 Å². The molecule has 0 amide bonds. The summed E-state index contributed by atoms with van der Waals surface area (Å²) in [6.07, 6.45) is 1.33. The summed E-state index contributed by atoms with van der Waals surface area (Å²) in [6.45, 7) is 6.37. The Morgan fingerprint density at radius 1 is 1.31 bits per heavy atom. The zero-order chi connectivity index (χ0) is 12.1. The first kappa shape index (κ1) is 13.0. The molecule has 1 rings (SSSR count). The molecule has 2 nitrogen and oxygen atoms in total. The molecule has 1 aromatic carbocycles. The van der Waals surface area contributed by atoms with Crippen LogP contribution in [0.2, 0.25) is 0 Å². The minimum absolute atomic E-state index is 0.418. The van der Waals surface area contributed by atoms with E-state index in [-0.39, 0.29) is 0 Å². The average molecular weight is 222 g/mol. The number of aliphatic hydroxyl groups is 1. The van der Waals surface area contributed by atoms with Gasteiger partial charge in [-0.3, -0.25) is 0 Å². The zero-order valence-electron chi connectivity index (χ0n) is 10.7. The van der Waals surface area contributed by atoms with Crippen LogP contribution in [0.5, 0.6) is 5.75 Å². The maximum Gasteiger partial charge on any atom is 0.124 e. The Kier molecular flexibility index (Phi) is 4.81. The largest absolute Gasteiger partial charge is 0.496 e. The van der Waals surface area contributed by atoms with Crippen molar-refractivity contribution in [3.8, 4) is 5.75 Å². The molecule has 0 fully saturated rings. The molecule has 0 aliphatic heterocycles. The van der Waals surface area contributed by atoms with Gasteiger partial charge in [0.1, 0.15) is 5.75 Å². The fourth-order valence-corrected chi connectivity index (χ4v) is 1.80. The van der Waals surface area contributed by atoms with E-state index in [1.807, 2.05) is 6.07 Å². The molecule has 0 saturated heterocycles. The van der Waals surface area contributed by atoms with Crippen molar-refractivity contribution in [1.29, 1.82) is 0 Å². The molecule has 2 heteroatoms. The second-order valence-electron chi connectivity index (χ2n) is 4.46. The molecule has 1 N–H and O–H groups in total. The van der Waals surface area contributed by atoms with Crippen LogP contribution in [-0.4, -0.2) is 12.2 Å². The zero-order valence-corrected chi connectivity index (χ0v) is 10.7. The van der Waals surface area contributed by atoms with Crippen molar-refractivity contribution in [3.05, 3.63) is 29.3 Å². The van der Waals surface area contributed by atoms with Crippen molar-refractivity contribution in [1.82, 2.24) is 0 Å². The SMILES string of the molecule is CCCC(O)c1cc(C(C)C)ccc1OC. The number of ether oxygens (including phenoxy) is 1. The first-order chi connectivity index (χ1) is 7.60. The highest BCUT2D eigenvalue weighted by Crippen LogP contribution is 2.31. The summed E-state index contributed by atoms with van der Waals surface area (Å²) in [5.74, 6) is 1.25. The molecule has 0 bridgehead atoms. The summed E-state index contributed by atoms with van der Waals surface area (Å²) < 4.78 is 5.29. The Labute approximate surface area is 98.3 Å². The normalized spacial score (nSPS) is 12.9. The third-order valence-corrected chi connectivity index (χ3v) is 2.84. The molecule has 0 saturated carbocycles. The predicted molar refractivity (Wildman–Crippen MR) is 67.0 cm³/mol. The van der Waals surface area contributed by atoms with Crippen LogP contribution in [0.1, 0.15) is 56.8 Å². The molecule has 0 heterocycles. The van der Waals surface area contributed by atoms with Crippen LogP contribution in [0.4, 0.5) is 0 Å². The smallest absolute Gasteiger partial charge is 0.124 e. The fourth-order valence-electron chi connectivity index (χ4n) is 1.80. The minimum atomic E-state index is -0.418. The number of methoxy groups -OCH3 is 1. The molecule has 1 unspecified atom stereocenters. The van der Waals surface area contributed by atoms with Crippen LogP contribution in [0, 0.1) is 0 Å². The third kappa shape index (κ3) is 2.99. The van der Waals surface area contributed by atoms with Gasteiger partial charge in [-0.15, -0.1) is 0 Å². The molecule has 0 aromatic heterocycles. The van der Waals surface area contributed by atoms with Gasteiger partial charge in [-0.25, -0.2) is 0 Å². The van der Waals surface area contributed by atoms with Gasteiger partial charge in [0.15, 0.2) is 0 Å². The number of aliphatic hydroxyl groups excluding tert-OH is 1. The predicted octanol–water partition coefficient (Wildman–Crippen LogP) is 3.65. The molecule has 0 aliphatic carbocycles. The fraction of sp³-hybridized carbons (Fsp3) is 0.571. The Bertz CT molecular complexity index is 332. The van der Waals surface area contributed by atoms with Crippen molar-refractivity contribution in [2.45, 2.75) is 45.6 Å². The Balaban J connectivity index is 3.06. The van der Waals surface area contributed by atoms with E-state index in [9.17, 15) is 5.11 Å². The molecular formula is C14H22O2. The molecule has 0 spiro atoms. The lowest BCUT2D eigenvalue weighted by Crippen LogP contribution is -2.02. The number of hydrogen-bond donors (Lipinski definition) is 1. The van der Waals surface area contributed by atoms with E-state index in [1.54, 1.807) is 7.11 Å². The quantitative estimate of drug-likeness (QED) is 0.824. The molecular weight excluding hydrogens is 200 g/mol. The van der Waals surface area contributed by atoms with Crippen molar-refractivity contribution >= 4 is 0 Å². The van der Waals surface area contributed by atoms with Crippen molar-refractivity contribution in [3.63, 3.8) is 0 Å². The third-order valence-electron chi connectivity index (χ3n) is 2.84. The van der Waals surface area contributed by atoms with Crippen LogP contribution in [0.3, 0.4) is 0 Å². The molecule has 1 aromatic rings. The second kappa shape index (κ2) is 5.90. The van der Waals surface area contributed by atoms with Gasteiger partial charge in [0.2, 0.25) is 0 Å². The highest BCUT2D eigenvalue weighted by molar-refractivity contribution is 5.39. The topological polar surface area (TPSA) is 29.5 Å². The van der Waals surface area contributed by atoms with Crippen LogP contribution in [0.15, 0.2) is 18.2 Å². The standard InChI is InChI=1S/C14H22O2/c1-5-6-13(15)12-9-11(10(2)3)7-8-14(12)16-4/h7-10,13,15H,5-6H2,1-4H3. The van der Waals surface area contributed by atoms with E-state index in [0.717, 1.165) is 24.2 Å². The maximum absolute atomic E-state index is 10.1. The number of hydrogen-bond acceptors (Lipinski definition) is 2. The highest BCUT2D eigenvalue weighted by atomic mass is 16.5. The van der Waals surface area contributed by atoms with E-state index >= 15 is 0 Å². The van der Waals surface area contributed by atoms with Gasteiger partial charge in [0, 0.05) is 5.56 Å². The van der Waals surface area contributed by atoms with Gasteiger partial charge >= 0.3 is 0 Å². The molecule has 0 radical (unpaired) electrons. The molecule has 1 atom stereocenters. The van der Waals surface area contributed by atoms with Gasteiger partial charge in [0.25, 0.3) is 0 Å². The Hall–Kier alpha value is -1.02. The van der Waals surface area contributed by atoms with Crippen LogP contribution >= 0.6 is 0 Å². The highest BCUT2D eigenvalue weighted by Gasteiger charge is 2.14. The number of rotatable bonds is 5. The van der Waals surface area contributed by atoms with Crippen LogP contribution in [-0.2, 0) is 0 Å². The maximum atomic E-state index is 10.1. The first-order valence-corrected chi connectivity index (χ1v) is 5.96. The molecule has 90 valence electrons. The summed E-state index contributed by atoms with van der Waals surface area (Å²) in [6, 6.07) is 6.07. The Morgan fingerprint density at radius 2 is 2.00 bits per heavy atom. The van der Waals surface area contributed by atoms with Crippen molar-refractivity contribution in [2.24, 2.45) is 0 Å². The summed E-state index contributed by atoms with van der Waals surface area (Å²) in [7, 11) is 1.65. The summed E-state index contributed by atoms with van der Waals surface area (Å²) in [5, 5.41) is 10.1.